The Hall–Kier alpha value is -1.78. The summed E-state index contributed by atoms with van der Waals surface area (Å²) in [5.41, 5.74) is 2.49. The van der Waals surface area contributed by atoms with E-state index in [0.29, 0.717) is 12.1 Å². The fourth-order valence-corrected chi connectivity index (χ4v) is 2.87. The van der Waals surface area contributed by atoms with Gasteiger partial charge in [0.2, 0.25) is 0 Å². The smallest absolute Gasteiger partial charge is 0.115 e. The normalized spacial score (nSPS) is 23.1. The Balaban J connectivity index is 1.62. The van der Waals surface area contributed by atoms with Gasteiger partial charge in [-0.15, -0.1) is 0 Å². The predicted molar refractivity (Wildman–Crippen MR) is 83.8 cm³/mol. The van der Waals surface area contributed by atoms with Crippen molar-refractivity contribution in [3.63, 3.8) is 0 Å². The van der Waals surface area contributed by atoms with Gasteiger partial charge < -0.3 is 5.32 Å². The van der Waals surface area contributed by atoms with Gasteiger partial charge in [0.15, 0.2) is 0 Å². The summed E-state index contributed by atoms with van der Waals surface area (Å²) in [6.45, 7) is 5.26. The van der Waals surface area contributed by atoms with Crippen LogP contribution in [0, 0.1) is 0 Å². The Bertz CT molecular complexity index is 543. The van der Waals surface area contributed by atoms with Gasteiger partial charge in [-0.25, -0.2) is 9.97 Å². The molecule has 0 saturated carbocycles. The summed E-state index contributed by atoms with van der Waals surface area (Å²) in [5.74, 6) is 0. The minimum atomic E-state index is 0.505. The van der Waals surface area contributed by atoms with Gasteiger partial charge in [0.1, 0.15) is 6.33 Å². The molecule has 4 heteroatoms. The fraction of sp³-hybridized carbons (Fsp3) is 0.412. The molecule has 2 atom stereocenters. The van der Waals surface area contributed by atoms with Gasteiger partial charge in [0.25, 0.3) is 0 Å². The molecule has 1 aromatic heterocycles. The van der Waals surface area contributed by atoms with Crippen LogP contribution in [0.25, 0.3) is 0 Å². The van der Waals surface area contributed by atoms with E-state index in [0.717, 1.165) is 31.7 Å². The topological polar surface area (TPSA) is 41.0 Å². The minimum absolute atomic E-state index is 0.505. The van der Waals surface area contributed by atoms with Crippen molar-refractivity contribution in [3.05, 3.63) is 60.2 Å². The number of nitrogens with one attached hydrogen (secondary N) is 1. The summed E-state index contributed by atoms with van der Waals surface area (Å²) < 4.78 is 0. The highest BCUT2D eigenvalue weighted by molar-refractivity contribution is 5.16. The van der Waals surface area contributed by atoms with Crippen LogP contribution in [0.5, 0.6) is 0 Å². The predicted octanol–water partition coefficient (Wildman–Crippen LogP) is 1.88. The molecule has 1 saturated heterocycles. The molecule has 4 nitrogen and oxygen atoms in total. The van der Waals surface area contributed by atoms with Crippen molar-refractivity contribution >= 4 is 0 Å². The molecule has 21 heavy (non-hydrogen) atoms. The first-order valence-electron chi connectivity index (χ1n) is 7.57. The number of hydrogen-bond donors (Lipinski definition) is 1. The second-order valence-corrected chi connectivity index (χ2v) is 5.77. The number of rotatable bonds is 4. The Labute approximate surface area is 126 Å². The third-order valence-electron chi connectivity index (χ3n) is 4.11. The van der Waals surface area contributed by atoms with Crippen LogP contribution in [0.3, 0.4) is 0 Å². The van der Waals surface area contributed by atoms with E-state index in [9.17, 15) is 0 Å². The molecule has 2 heterocycles. The lowest BCUT2D eigenvalue weighted by atomic mass is 10.0. The second kappa shape index (κ2) is 6.78. The highest BCUT2D eigenvalue weighted by Crippen LogP contribution is 2.13. The van der Waals surface area contributed by atoms with Crippen molar-refractivity contribution in [2.45, 2.75) is 32.0 Å². The molecule has 110 valence electrons. The summed E-state index contributed by atoms with van der Waals surface area (Å²) >= 11 is 0. The molecule has 0 amide bonds. The lowest BCUT2D eigenvalue weighted by Crippen LogP contribution is -2.55. The molecule has 1 aliphatic rings. The Kier molecular flexibility index (Phi) is 4.58. The Morgan fingerprint density at radius 2 is 2.10 bits per heavy atom. The van der Waals surface area contributed by atoms with Gasteiger partial charge in [-0.05, 0) is 25.0 Å². The van der Waals surface area contributed by atoms with Crippen LogP contribution in [-0.4, -0.2) is 40.0 Å². The third-order valence-corrected chi connectivity index (χ3v) is 4.11. The van der Waals surface area contributed by atoms with Crippen molar-refractivity contribution in [2.24, 2.45) is 0 Å². The van der Waals surface area contributed by atoms with Crippen LogP contribution >= 0.6 is 0 Å². The van der Waals surface area contributed by atoms with Gasteiger partial charge in [0, 0.05) is 37.9 Å². The van der Waals surface area contributed by atoms with Crippen LogP contribution in [0.2, 0.25) is 0 Å². The third kappa shape index (κ3) is 3.86. The number of hydrogen-bond acceptors (Lipinski definition) is 4. The standard InChI is InChI=1S/C17H22N4/c1-14-10-19-17(9-15-5-3-2-4-6-15)12-21(14)11-16-7-8-18-13-20-16/h2-8,13-14,17,19H,9-12H2,1H3. The van der Waals surface area contributed by atoms with Crippen molar-refractivity contribution < 1.29 is 0 Å². The van der Waals surface area contributed by atoms with Crippen molar-refractivity contribution in [2.75, 3.05) is 13.1 Å². The van der Waals surface area contributed by atoms with E-state index in [1.807, 2.05) is 12.3 Å². The van der Waals surface area contributed by atoms with Gasteiger partial charge in [-0.3, -0.25) is 4.90 Å². The number of nitrogens with zero attached hydrogens (tertiary/aromatic N) is 3. The van der Waals surface area contributed by atoms with Gasteiger partial charge in [0.05, 0.1) is 5.69 Å². The maximum Gasteiger partial charge on any atom is 0.115 e. The van der Waals surface area contributed by atoms with Crippen LogP contribution in [0.4, 0.5) is 0 Å². The average molecular weight is 282 g/mol. The maximum absolute atomic E-state index is 4.34. The quantitative estimate of drug-likeness (QED) is 0.929. The van der Waals surface area contributed by atoms with E-state index in [1.165, 1.54) is 5.56 Å². The monoisotopic (exact) mass is 282 g/mol. The van der Waals surface area contributed by atoms with Crippen LogP contribution in [0.1, 0.15) is 18.2 Å². The Morgan fingerprint density at radius 1 is 1.24 bits per heavy atom. The van der Waals surface area contributed by atoms with E-state index in [2.05, 4.69) is 57.4 Å². The van der Waals surface area contributed by atoms with Crippen LogP contribution < -0.4 is 5.32 Å². The zero-order valence-electron chi connectivity index (χ0n) is 12.4. The molecule has 0 bridgehead atoms. The van der Waals surface area contributed by atoms with Crippen LogP contribution in [-0.2, 0) is 13.0 Å². The lowest BCUT2D eigenvalue weighted by molar-refractivity contribution is 0.131. The average Bonchev–Trinajstić information content (AvgIpc) is 2.53. The molecule has 2 unspecified atom stereocenters. The molecule has 1 N–H and O–H groups in total. The molecule has 2 aromatic rings. The van der Waals surface area contributed by atoms with E-state index >= 15 is 0 Å². The zero-order chi connectivity index (χ0) is 14.5. The van der Waals surface area contributed by atoms with E-state index in [4.69, 9.17) is 0 Å². The largest absolute Gasteiger partial charge is 0.311 e. The summed E-state index contributed by atoms with van der Waals surface area (Å²) in [5, 5.41) is 3.66. The fourth-order valence-electron chi connectivity index (χ4n) is 2.87. The van der Waals surface area contributed by atoms with Gasteiger partial charge >= 0.3 is 0 Å². The summed E-state index contributed by atoms with van der Waals surface area (Å²) in [6, 6.07) is 13.7. The SMILES string of the molecule is CC1CNC(Cc2ccccc2)CN1Cc1ccncn1. The van der Waals surface area contributed by atoms with Crippen molar-refractivity contribution in [3.8, 4) is 0 Å². The number of benzene rings is 1. The number of aromatic nitrogens is 2. The van der Waals surface area contributed by atoms with Gasteiger partial charge in [-0.2, -0.15) is 0 Å². The Morgan fingerprint density at radius 3 is 2.86 bits per heavy atom. The highest BCUT2D eigenvalue weighted by atomic mass is 15.2. The van der Waals surface area contributed by atoms with Crippen molar-refractivity contribution in [1.29, 1.82) is 0 Å². The zero-order valence-corrected chi connectivity index (χ0v) is 12.4. The maximum atomic E-state index is 4.34. The van der Waals surface area contributed by atoms with Crippen molar-refractivity contribution in [1.82, 2.24) is 20.2 Å². The molecular weight excluding hydrogens is 260 g/mol. The second-order valence-electron chi connectivity index (χ2n) is 5.77. The van der Waals surface area contributed by atoms with E-state index in [1.54, 1.807) is 6.33 Å². The summed E-state index contributed by atoms with van der Waals surface area (Å²) in [6.07, 6.45) is 4.52. The molecule has 1 aromatic carbocycles. The molecule has 0 spiro atoms. The highest BCUT2D eigenvalue weighted by Gasteiger charge is 2.25. The molecule has 3 rings (SSSR count). The summed E-state index contributed by atoms with van der Waals surface area (Å²) in [4.78, 5) is 10.8. The first-order chi connectivity index (χ1) is 10.3. The first kappa shape index (κ1) is 14.2. The number of piperazine rings is 1. The molecule has 1 fully saturated rings. The summed E-state index contributed by atoms with van der Waals surface area (Å²) in [7, 11) is 0. The van der Waals surface area contributed by atoms with Gasteiger partial charge in [-0.1, -0.05) is 30.3 Å². The molecular formula is C17H22N4. The minimum Gasteiger partial charge on any atom is -0.311 e. The van der Waals surface area contributed by atoms with E-state index in [-0.39, 0.29) is 0 Å². The van der Waals surface area contributed by atoms with Crippen LogP contribution in [0.15, 0.2) is 48.9 Å². The molecule has 0 radical (unpaired) electrons. The molecule has 0 aliphatic carbocycles. The lowest BCUT2D eigenvalue weighted by Gasteiger charge is -2.38. The molecule has 1 aliphatic heterocycles. The van der Waals surface area contributed by atoms with E-state index < -0.39 is 0 Å². The first-order valence-corrected chi connectivity index (χ1v) is 7.57.